The fourth-order valence-electron chi connectivity index (χ4n) is 2.21. The Kier molecular flexibility index (Phi) is 3.09. The monoisotopic (exact) mass is 210 g/mol. The van der Waals surface area contributed by atoms with E-state index in [-0.39, 0.29) is 0 Å². The van der Waals surface area contributed by atoms with Gasteiger partial charge in [0, 0.05) is 0 Å². The van der Waals surface area contributed by atoms with Crippen LogP contribution in [0, 0.1) is 6.92 Å². The number of hydrogen-bond donors (Lipinski definition) is 0. The van der Waals surface area contributed by atoms with E-state index in [4.69, 9.17) is 0 Å². The predicted molar refractivity (Wildman–Crippen MR) is 72.2 cm³/mol. The highest BCUT2D eigenvalue weighted by Crippen LogP contribution is 2.29. The Bertz CT molecular complexity index is 473. The highest BCUT2D eigenvalue weighted by molar-refractivity contribution is 5.79. The first-order chi connectivity index (χ1) is 7.72. The zero-order valence-corrected chi connectivity index (χ0v) is 10.1. The van der Waals surface area contributed by atoms with Crippen molar-refractivity contribution in [3.63, 3.8) is 0 Å². The van der Waals surface area contributed by atoms with Crippen LogP contribution < -0.4 is 0 Å². The Balaban J connectivity index is 2.48. The molecule has 0 radical (unpaired) electrons. The van der Waals surface area contributed by atoms with E-state index < -0.39 is 0 Å². The molecule has 1 aromatic carbocycles. The SMILES string of the molecule is C=Cc1ccc(C2=C(C)CCC=C2)c(C)c1. The quantitative estimate of drug-likeness (QED) is 0.660. The van der Waals surface area contributed by atoms with E-state index in [1.165, 1.54) is 40.7 Å². The van der Waals surface area contributed by atoms with Crippen molar-refractivity contribution in [1.82, 2.24) is 0 Å². The van der Waals surface area contributed by atoms with Crippen LogP contribution in [0.3, 0.4) is 0 Å². The van der Waals surface area contributed by atoms with E-state index in [0.717, 1.165) is 0 Å². The molecule has 0 aromatic heterocycles. The van der Waals surface area contributed by atoms with Gasteiger partial charge in [0.25, 0.3) is 0 Å². The van der Waals surface area contributed by atoms with Crippen molar-refractivity contribution in [2.24, 2.45) is 0 Å². The van der Waals surface area contributed by atoms with E-state index in [1.807, 2.05) is 6.08 Å². The Morgan fingerprint density at radius 2 is 2.06 bits per heavy atom. The van der Waals surface area contributed by atoms with Crippen LogP contribution in [-0.4, -0.2) is 0 Å². The van der Waals surface area contributed by atoms with Gasteiger partial charge in [0.2, 0.25) is 0 Å². The van der Waals surface area contributed by atoms with Gasteiger partial charge in [-0.15, -0.1) is 0 Å². The molecule has 2 rings (SSSR count). The number of rotatable bonds is 2. The van der Waals surface area contributed by atoms with Crippen molar-refractivity contribution in [1.29, 1.82) is 0 Å². The molecule has 0 saturated heterocycles. The van der Waals surface area contributed by atoms with Crippen LogP contribution in [0.5, 0.6) is 0 Å². The van der Waals surface area contributed by atoms with Crippen LogP contribution in [0.2, 0.25) is 0 Å². The molecule has 0 spiro atoms. The second-order valence-electron chi connectivity index (χ2n) is 4.41. The molecule has 82 valence electrons. The van der Waals surface area contributed by atoms with Crippen molar-refractivity contribution in [3.8, 4) is 0 Å². The van der Waals surface area contributed by atoms with Gasteiger partial charge in [0.1, 0.15) is 0 Å². The maximum atomic E-state index is 3.80. The smallest absolute Gasteiger partial charge is 0.0155 e. The number of aryl methyl sites for hydroxylation is 1. The minimum atomic E-state index is 1.18. The molecule has 0 nitrogen and oxygen atoms in total. The fourth-order valence-corrected chi connectivity index (χ4v) is 2.21. The third-order valence-electron chi connectivity index (χ3n) is 3.21. The van der Waals surface area contributed by atoms with Crippen LogP contribution in [-0.2, 0) is 0 Å². The Hall–Kier alpha value is -1.56. The van der Waals surface area contributed by atoms with E-state index >= 15 is 0 Å². The number of hydrogen-bond acceptors (Lipinski definition) is 0. The lowest BCUT2D eigenvalue weighted by Gasteiger charge is -2.15. The summed E-state index contributed by atoms with van der Waals surface area (Å²) in [7, 11) is 0. The first kappa shape index (κ1) is 10.9. The lowest BCUT2D eigenvalue weighted by molar-refractivity contribution is 0.967. The maximum Gasteiger partial charge on any atom is -0.0155 e. The van der Waals surface area contributed by atoms with Crippen molar-refractivity contribution in [2.45, 2.75) is 26.7 Å². The van der Waals surface area contributed by atoms with Crippen molar-refractivity contribution in [2.75, 3.05) is 0 Å². The zero-order chi connectivity index (χ0) is 11.5. The van der Waals surface area contributed by atoms with Crippen molar-refractivity contribution >= 4 is 11.6 Å². The molecule has 0 bridgehead atoms. The summed E-state index contributed by atoms with van der Waals surface area (Å²) in [6, 6.07) is 6.55. The van der Waals surface area contributed by atoms with Gasteiger partial charge in [-0.1, -0.05) is 48.6 Å². The Morgan fingerprint density at radius 3 is 2.69 bits per heavy atom. The third-order valence-corrected chi connectivity index (χ3v) is 3.21. The number of allylic oxidation sites excluding steroid dienone is 4. The lowest BCUT2D eigenvalue weighted by atomic mass is 9.90. The molecule has 0 atom stereocenters. The van der Waals surface area contributed by atoms with Gasteiger partial charge in [-0.3, -0.25) is 0 Å². The van der Waals surface area contributed by atoms with Crippen LogP contribution >= 0.6 is 0 Å². The highest BCUT2D eigenvalue weighted by atomic mass is 14.1. The van der Waals surface area contributed by atoms with Gasteiger partial charge in [-0.05, 0) is 49.0 Å². The average molecular weight is 210 g/mol. The maximum absolute atomic E-state index is 3.80. The van der Waals surface area contributed by atoms with Gasteiger partial charge in [0.15, 0.2) is 0 Å². The summed E-state index contributed by atoms with van der Waals surface area (Å²) in [5.41, 5.74) is 6.79. The van der Waals surface area contributed by atoms with Crippen LogP contribution in [0.15, 0.2) is 42.5 Å². The molecule has 0 heterocycles. The molecule has 0 saturated carbocycles. The number of benzene rings is 1. The first-order valence-corrected chi connectivity index (χ1v) is 5.82. The molecule has 1 aliphatic carbocycles. The molecule has 0 heteroatoms. The van der Waals surface area contributed by atoms with E-state index in [2.05, 4.69) is 50.8 Å². The second-order valence-corrected chi connectivity index (χ2v) is 4.41. The standard InChI is InChI=1S/C16H18/c1-4-14-9-10-16(13(3)11-14)15-8-6-5-7-12(15)2/h4,6,8-11H,1,5,7H2,2-3H3. The summed E-state index contributed by atoms with van der Waals surface area (Å²) in [6.07, 6.45) is 8.79. The molecule has 0 fully saturated rings. The minimum Gasteiger partial charge on any atom is -0.0985 e. The normalized spacial score (nSPS) is 15.4. The van der Waals surface area contributed by atoms with Crippen LogP contribution in [0.4, 0.5) is 0 Å². The molecule has 0 N–H and O–H groups in total. The molecular formula is C16H18. The summed E-state index contributed by atoms with van der Waals surface area (Å²) in [6.45, 7) is 8.21. The Labute approximate surface area is 98.0 Å². The van der Waals surface area contributed by atoms with Gasteiger partial charge >= 0.3 is 0 Å². The van der Waals surface area contributed by atoms with Gasteiger partial charge < -0.3 is 0 Å². The average Bonchev–Trinajstić information content (AvgIpc) is 2.30. The predicted octanol–water partition coefficient (Wildman–Crippen LogP) is 4.76. The van der Waals surface area contributed by atoms with Crippen molar-refractivity contribution < 1.29 is 0 Å². The molecule has 0 amide bonds. The molecular weight excluding hydrogens is 192 g/mol. The van der Waals surface area contributed by atoms with Crippen molar-refractivity contribution in [3.05, 3.63) is 59.2 Å². The summed E-state index contributed by atoms with van der Waals surface area (Å²) < 4.78 is 0. The highest BCUT2D eigenvalue weighted by Gasteiger charge is 2.08. The molecule has 1 aliphatic rings. The summed E-state index contributed by atoms with van der Waals surface area (Å²) in [5, 5.41) is 0. The summed E-state index contributed by atoms with van der Waals surface area (Å²) >= 11 is 0. The lowest BCUT2D eigenvalue weighted by Crippen LogP contribution is -1.94. The van der Waals surface area contributed by atoms with Gasteiger partial charge in [-0.2, -0.15) is 0 Å². The van der Waals surface area contributed by atoms with Gasteiger partial charge in [0.05, 0.1) is 0 Å². The van der Waals surface area contributed by atoms with Crippen LogP contribution in [0.25, 0.3) is 11.6 Å². The summed E-state index contributed by atoms with van der Waals surface area (Å²) in [4.78, 5) is 0. The molecule has 0 unspecified atom stereocenters. The molecule has 16 heavy (non-hydrogen) atoms. The van der Waals surface area contributed by atoms with E-state index in [0.29, 0.717) is 0 Å². The fraction of sp³-hybridized carbons (Fsp3) is 0.250. The summed E-state index contributed by atoms with van der Waals surface area (Å²) in [5.74, 6) is 0. The third kappa shape index (κ3) is 2.01. The van der Waals surface area contributed by atoms with E-state index in [1.54, 1.807) is 0 Å². The van der Waals surface area contributed by atoms with Crippen LogP contribution in [0.1, 0.15) is 36.5 Å². The Morgan fingerprint density at radius 1 is 1.25 bits per heavy atom. The zero-order valence-electron chi connectivity index (χ0n) is 10.1. The first-order valence-electron chi connectivity index (χ1n) is 5.82. The molecule has 0 aliphatic heterocycles. The topological polar surface area (TPSA) is 0 Å². The van der Waals surface area contributed by atoms with Gasteiger partial charge in [-0.25, -0.2) is 0 Å². The largest absolute Gasteiger partial charge is 0.0985 e. The van der Waals surface area contributed by atoms with E-state index in [9.17, 15) is 0 Å². The second kappa shape index (κ2) is 4.52. The minimum absolute atomic E-state index is 1.18. The molecule has 1 aromatic rings.